The number of guanidine groups is 1. The van der Waals surface area contributed by atoms with Gasteiger partial charge in [-0.3, -0.25) is 5.41 Å². The maximum Gasteiger partial charge on any atom is 0.328 e. The predicted molar refractivity (Wildman–Crippen MR) is 80.5 cm³/mol. The molecule has 0 saturated carbocycles. The van der Waals surface area contributed by atoms with Crippen LogP contribution in [0.1, 0.15) is 25.8 Å². The number of rotatable bonds is 5. The van der Waals surface area contributed by atoms with E-state index in [2.05, 4.69) is 12.2 Å². The summed E-state index contributed by atoms with van der Waals surface area (Å²) in [5.74, 6) is 0.214. The molecule has 0 radical (unpaired) electrons. The molecule has 1 aromatic rings. The van der Waals surface area contributed by atoms with E-state index in [0.717, 1.165) is 23.3 Å². The maximum atomic E-state index is 12.0. The highest BCUT2D eigenvalue weighted by Crippen LogP contribution is 2.33. The van der Waals surface area contributed by atoms with Gasteiger partial charge in [0.25, 0.3) is 0 Å². The summed E-state index contributed by atoms with van der Waals surface area (Å²) in [7, 11) is 1.50. The van der Waals surface area contributed by atoms with Gasteiger partial charge in [-0.15, -0.1) is 0 Å². The van der Waals surface area contributed by atoms with Gasteiger partial charge in [0.05, 0.1) is 12.3 Å². The van der Waals surface area contributed by atoms with E-state index in [4.69, 9.17) is 15.9 Å². The van der Waals surface area contributed by atoms with E-state index < -0.39 is 6.03 Å². The lowest BCUT2D eigenvalue weighted by molar-refractivity contribution is 0.250. The zero-order valence-corrected chi connectivity index (χ0v) is 12.2. The number of nitrogens with zero attached hydrogens (tertiary/aromatic N) is 1. The highest BCUT2D eigenvalue weighted by Gasteiger charge is 2.24. The smallest absolute Gasteiger partial charge is 0.328 e. The Hall–Kier alpha value is -2.24. The summed E-state index contributed by atoms with van der Waals surface area (Å²) in [5.41, 5.74) is 7.04. The molecule has 0 unspecified atom stereocenters. The number of hydrogen-bond acceptors (Lipinski definition) is 3. The van der Waals surface area contributed by atoms with Crippen LogP contribution in [0.4, 0.5) is 10.5 Å². The number of carbonyl (C=O) groups excluding carboxylic acids is 1. The fraction of sp³-hybridized carbons (Fsp3) is 0.429. The minimum Gasteiger partial charge on any atom is -0.492 e. The van der Waals surface area contributed by atoms with Gasteiger partial charge in [-0.05, 0) is 25.0 Å². The monoisotopic (exact) mass is 278 g/mol. The Morgan fingerprint density at radius 2 is 2.15 bits per heavy atom. The van der Waals surface area contributed by atoms with Crippen LogP contribution in [0.15, 0.2) is 18.2 Å². The van der Waals surface area contributed by atoms with Gasteiger partial charge in [0, 0.05) is 7.05 Å². The van der Waals surface area contributed by atoms with Gasteiger partial charge in [0.2, 0.25) is 5.96 Å². The molecule has 0 aromatic heterocycles. The molecule has 1 rings (SSSR count). The van der Waals surface area contributed by atoms with Crippen LogP contribution >= 0.6 is 0 Å². The Labute approximate surface area is 119 Å². The van der Waals surface area contributed by atoms with Crippen molar-refractivity contribution in [3.63, 3.8) is 0 Å². The van der Waals surface area contributed by atoms with Crippen molar-refractivity contribution in [3.8, 4) is 5.75 Å². The van der Waals surface area contributed by atoms with Crippen molar-refractivity contribution >= 4 is 17.7 Å². The van der Waals surface area contributed by atoms with Crippen LogP contribution < -0.4 is 20.7 Å². The van der Waals surface area contributed by atoms with Crippen molar-refractivity contribution in [2.45, 2.75) is 26.7 Å². The molecule has 0 bridgehead atoms. The number of nitrogens with two attached hydrogens (primary N) is 1. The molecule has 2 amide bonds. The number of hydrogen-bond donors (Lipinski definition) is 3. The van der Waals surface area contributed by atoms with Gasteiger partial charge in [-0.25, -0.2) is 9.69 Å². The highest BCUT2D eigenvalue weighted by atomic mass is 16.5. The molecule has 110 valence electrons. The third kappa shape index (κ3) is 3.40. The third-order valence-electron chi connectivity index (χ3n) is 2.78. The second kappa shape index (κ2) is 7.37. The number of amides is 2. The number of nitrogens with one attached hydrogen (secondary N) is 2. The molecule has 0 atom stereocenters. The Balaban J connectivity index is 3.41. The molecular formula is C14H22N4O2. The van der Waals surface area contributed by atoms with E-state index in [1.807, 2.05) is 19.1 Å². The van der Waals surface area contributed by atoms with Gasteiger partial charge >= 0.3 is 6.03 Å². The van der Waals surface area contributed by atoms with E-state index in [-0.39, 0.29) is 5.96 Å². The lowest BCUT2D eigenvalue weighted by Crippen LogP contribution is -2.46. The topological polar surface area (TPSA) is 91.4 Å². The first kappa shape index (κ1) is 15.8. The van der Waals surface area contributed by atoms with E-state index in [1.165, 1.54) is 7.05 Å². The number of ether oxygens (including phenoxy) is 1. The number of carbonyl (C=O) groups is 1. The quantitative estimate of drug-likeness (QED) is 0.569. The minimum absolute atomic E-state index is 0.339. The number of anilines is 1. The van der Waals surface area contributed by atoms with Crippen LogP contribution in [-0.4, -0.2) is 25.6 Å². The normalized spacial score (nSPS) is 9.95. The molecule has 0 fully saturated rings. The predicted octanol–water partition coefficient (Wildman–Crippen LogP) is 2.08. The van der Waals surface area contributed by atoms with Gasteiger partial charge in [-0.2, -0.15) is 0 Å². The number of aryl methyl sites for hydroxylation is 1. The second-order valence-electron chi connectivity index (χ2n) is 4.22. The molecule has 0 saturated heterocycles. The maximum absolute atomic E-state index is 12.0. The summed E-state index contributed by atoms with van der Waals surface area (Å²) in [5, 5.41) is 10.2. The summed E-state index contributed by atoms with van der Waals surface area (Å²) in [6.07, 6.45) is 1.69. The van der Waals surface area contributed by atoms with Gasteiger partial charge in [0.1, 0.15) is 5.75 Å². The zero-order chi connectivity index (χ0) is 15.1. The molecule has 0 spiro atoms. The average molecular weight is 278 g/mol. The molecule has 0 aliphatic carbocycles. The Kier molecular flexibility index (Phi) is 5.83. The first-order valence-corrected chi connectivity index (χ1v) is 6.67. The molecular weight excluding hydrogens is 256 g/mol. The van der Waals surface area contributed by atoms with E-state index in [1.54, 1.807) is 6.07 Å². The highest BCUT2D eigenvalue weighted by molar-refractivity contribution is 6.15. The van der Waals surface area contributed by atoms with Crippen LogP contribution in [-0.2, 0) is 6.42 Å². The fourth-order valence-corrected chi connectivity index (χ4v) is 2.01. The molecule has 20 heavy (non-hydrogen) atoms. The first-order chi connectivity index (χ1) is 9.56. The van der Waals surface area contributed by atoms with E-state index >= 15 is 0 Å². The fourth-order valence-electron chi connectivity index (χ4n) is 2.01. The lowest BCUT2D eigenvalue weighted by Gasteiger charge is -2.25. The van der Waals surface area contributed by atoms with Crippen LogP contribution in [0.2, 0.25) is 0 Å². The number of urea groups is 1. The van der Waals surface area contributed by atoms with Crippen LogP contribution in [0.25, 0.3) is 0 Å². The van der Waals surface area contributed by atoms with Gasteiger partial charge < -0.3 is 15.8 Å². The number of para-hydroxylation sites is 1. The molecule has 0 heterocycles. The average Bonchev–Trinajstić information content (AvgIpc) is 2.42. The standard InChI is InChI=1S/C14H22N4O2/c1-4-7-10-8-6-9-11(20-5-2)12(10)18(13(15)16)14(19)17-3/h6,8-9H,4-5,7H2,1-3H3,(H3,15,16)(H,17,19). The van der Waals surface area contributed by atoms with Crippen LogP contribution in [0.3, 0.4) is 0 Å². The van der Waals surface area contributed by atoms with Crippen molar-refractivity contribution in [1.82, 2.24) is 5.32 Å². The largest absolute Gasteiger partial charge is 0.492 e. The summed E-state index contributed by atoms with van der Waals surface area (Å²) >= 11 is 0. The van der Waals surface area contributed by atoms with Crippen molar-refractivity contribution in [2.75, 3.05) is 18.6 Å². The SMILES string of the molecule is CCCc1cccc(OCC)c1N(C(=N)N)C(=O)NC. The molecule has 1 aromatic carbocycles. The van der Waals surface area contributed by atoms with Crippen LogP contribution in [0.5, 0.6) is 5.75 Å². The molecule has 6 heteroatoms. The summed E-state index contributed by atoms with van der Waals surface area (Å²) in [6, 6.07) is 5.11. The zero-order valence-electron chi connectivity index (χ0n) is 12.2. The second-order valence-corrected chi connectivity index (χ2v) is 4.22. The van der Waals surface area contributed by atoms with Gasteiger partial charge in [0.15, 0.2) is 0 Å². The summed E-state index contributed by atoms with van der Waals surface area (Å²) in [4.78, 5) is 13.1. The minimum atomic E-state index is -0.456. The van der Waals surface area contributed by atoms with Crippen molar-refractivity contribution in [1.29, 1.82) is 5.41 Å². The molecule has 0 aliphatic rings. The van der Waals surface area contributed by atoms with Crippen molar-refractivity contribution in [2.24, 2.45) is 5.73 Å². The molecule has 0 aliphatic heterocycles. The molecule has 6 nitrogen and oxygen atoms in total. The summed E-state index contributed by atoms with van der Waals surface area (Å²) < 4.78 is 5.58. The summed E-state index contributed by atoms with van der Waals surface area (Å²) in [6.45, 7) is 4.39. The number of benzene rings is 1. The van der Waals surface area contributed by atoms with Crippen LogP contribution in [0, 0.1) is 5.41 Å². The van der Waals surface area contributed by atoms with E-state index in [9.17, 15) is 4.79 Å². The van der Waals surface area contributed by atoms with Crippen molar-refractivity contribution < 1.29 is 9.53 Å². The Morgan fingerprint density at radius 3 is 2.65 bits per heavy atom. The van der Waals surface area contributed by atoms with Crippen molar-refractivity contribution in [3.05, 3.63) is 23.8 Å². The Bertz CT molecular complexity index is 464. The first-order valence-electron chi connectivity index (χ1n) is 6.67. The third-order valence-corrected chi connectivity index (χ3v) is 2.78. The lowest BCUT2D eigenvalue weighted by atomic mass is 10.1. The van der Waals surface area contributed by atoms with Gasteiger partial charge in [-0.1, -0.05) is 25.5 Å². The molecule has 4 N–H and O–H groups in total. The van der Waals surface area contributed by atoms with E-state index in [0.29, 0.717) is 18.0 Å². The Morgan fingerprint density at radius 1 is 1.45 bits per heavy atom.